The number of carbonyl (C=O) groups is 2. The molecule has 3 heterocycles. The van der Waals surface area contributed by atoms with E-state index in [1.165, 1.54) is 12.1 Å². The number of likely N-dealkylation sites (tertiary alicyclic amines) is 1. The van der Waals surface area contributed by atoms with E-state index in [1.54, 1.807) is 41.6 Å². The van der Waals surface area contributed by atoms with Crippen LogP contribution in [0, 0.1) is 11.7 Å². The molecule has 160 valence electrons. The molecule has 0 saturated carbocycles. The van der Waals surface area contributed by atoms with Crippen LogP contribution >= 0.6 is 0 Å². The van der Waals surface area contributed by atoms with E-state index in [2.05, 4.69) is 26.0 Å². The first-order valence-electron chi connectivity index (χ1n) is 9.90. The molecule has 2 aromatic heterocycles. The number of carbonyl (C=O) groups excluding carboxylic acids is 2. The Kier molecular flexibility index (Phi) is 6.16. The zero-order valence-corrected chi connectivity index (χ0v) is 16.6. The smallest absolute Gasteiger partial charge is 0.340 e. The van der Waals surface area contributed by atoms with Crippen molar-refractivity contribution in [2.24, 2.45) is 5.92 Å². The lowest BCUT2D eigenvalue weighted by molar-refractivity contribution is -0.135. The monoisotopic (exact) mass is 424 g/mol. The van der Waals surface area contributed by atoms with Crippen LogP contribution in [0.2, 0.25) is 0 Å². The lowest BCUT2D eigenvalue weighted by Crippen LogP contribution is -2.47. The van der Waals surface area contributed by atoms with Crippen molar-refractivity contribution >= 4 is 17.8 Å². The number of aromatic nitrogens is 3. The van der Waals surface area contributed by atoms with Crippen molar-refractivity contribution in [3.8, 4) is 11.4 Å². The highest BCUT2D eigenvalue weighted by Gasteiger charge is 2.28. The average Bonchev–Trinajstić information content (AvgIpc) is 3.29. The van der Waals surface area contributed by atoms with Crippen LogP contribution in [0.1, 0.15) is 18.4 Å². The van der Waals surface area contributed by atoms with Gasteiger partial charge in [-0.25, -0.2) is 9.82 Å². The number of amides is 2. The summed E-state index contributed by atoms with van der Waals surface area (Å²) in [6.07, 6.45) is 4.80. The minimum absolute atomic E-state index is 0.0558. The summed E-state index contributed by atoms with van der Waals surface area (Å²) in [4.78, 5) is 34.9. The number of rotatable bonds is 6. The molecule has 0 radical (unpaired) electrons. The van der Waals surface area contributed by atoms with Gasteiger partial charge in [0.2, 0.25) is 17.6 Å². The van der Waals surface area contributed by atoms with Gasteiger partial charge in [-0.1, -0.05) is 17.3 Å². The molecule has 1 saturated heterocycles. The Morgan fingerprint density at radius 1 is 1.16 bits per heavy atom. The molecule has 2 amide bonds. The Bertz CT molecular complexity index is 1040. The van der Waals surface area contributed by atoms with Gasteiger partial charge in [-0.3, -0.25) is 20.0 Å². The van der Waals surface area contributed by atoms with Gasteiger partial charge < -0.3 is 9.42 Å². The van der Waals surface area contributed by atoms with Gasteiger partial charge in [0.05, 0.1) is 12.3 Å². The second-order valence-electron chi connectivity index (χ2n) is 7.26. The zero-order valence-electron chi connectivity index (χ0n) is 16.6. The number of halogens is 1. The molecule has 0 bridgehead atoms. The standard InChI is InChI=1S/C21H21FN6O3/c22-17-5-3-14(4-6-17)12-18(29)28-11-1-2-16(13-28)20(30)25-26-21-24-19(27-31-21)15-7-9-23-10-8-15/h3-10,16H,1-2,11-13H2,(H,25,30)(H,24,26,27). The van der Waals surface area contributed by atoms with Gasteiger partial charge in [0.15, 0.2) is 0 Å². The summed E-state index contributed by atoms with van der Waals surface area (Å²) in [6.45, 7) is 0.913. The number of hydrazine groups is 1. The Morgan fingerprint density at radius 3 is 2.71 bits per heavy atom. The van der Waals surface area contributed by atoms with Gasteiger partial charge in [0, 0.05) is 31.0 Å². The number of hydrogen-bond donors (Lipinski definition) is 2. The maximum atomic E-state index is 13.0. The quantitative estimate of drug-likeness (QED) is 0.583. The van der Waals surface area contributed by atoms with Crippen LogP contribution in [-0.2, 0) is 16.0 Å². The largest absolute Gasteiger partial charge is 0.342 e. The average molecular weight is 424 g/mol. The lowest BCUT2D eigenvalue weighted by Gasteiger charge is -2.32. The van der Waals surface area contributed by atoms with E-state index >= 15 is 0 Å². The summed E-state index contributed by atoms with van der Waals surface area (Å²) < 4.78 is 18.1. The van der Waals surface area contributed by atoms with E-state index in [1.807, 2.05) is 0 Å². The third-order valence-corrected chi connectivity index (χ3v) is 5.07. The van der Waals surface area contributed by atoms with Crippen LogP contribution in [0.15, 0.2) is 53.3 Å². The van der Waals surface area contributed by atoms with E-state index in [0.29, 0.717) is 25.3 Å². The van der Waals surface area contributed by atoms with Gasteiger partial charge in [-0.05, 0) is 42.7 Å². The summed E-state index contributed by atoms with van der Waals surface area (Å²) in [5, 5.41) is 3.85. The van der Waals surface area contributed by atoms with E-state index in [-0.39, 0.29) is 36.0 Å². The normalized spacial score (nSPS) is 16.0. The first kappa shape index (κ1) is 20.5. The van der Waals surface area contributed by atoms with Gasteiger partial charge in [-0.15, -0.1) is 0 Å². The molecule has 31 heavy (non-hydrogen) atoms. The van der Waals surface area contributed by atoms with E-state index in [4.69, 9.17) is 4.52 Å². The predicted molar refractivity (Wildman–Crippen MR) is 109 cm³/mol. The van der Waals surface area contributed by atoms with Crippen molar-refractivity contribution in [1.29, 1.82) is 0 Å². The molecule has 0 spiro atoms. The summed E-state index contributed by atoms with van der Waals surface area (Å²) in [7, 11) is 0. The molecule has 1 atom stereocenters. The van der Waals surface area contributed by atoms with Crippen molar-refractivity contribution in [3.63, 3.8) is 0 Å². The van der Waals surface area contributed by atoms with Gasteiger partial charge in [-0.2, -0.15) is 4.98 Å². The predicted octanol–water partition coefficient (Wildman–Crippen LogP) is 2.20. The van der Waals surface area contributed by atoms with Crippen molar-refractivity contribution in [1.82, 2.24) is 25.5 Å². The summed E-state index contributed by atoms with van der Waals surface area (Å²) >= 11 is 0. The van der Waals surface area contributed by atoms with Gasteiger partial charge in [0.25, 0.3) is 0 Å². The molecular formula is C21H21FN6O3. The van der Waals surface area contributed by atoms with E-state index in [0.717, 1.165) is 17.5 Å². The Balaban J connectivity index is 1.29. The van der Waals surface area contributed by atoms with Crippen molar-refractivity contribution in [2.45, 2.75) is 19.3 Å². The first-order valence-corrected chi connectivity index (χ1v) is 9.90. The molecule has 1 fully saturated rings. The molecule has 0 aliphatic carbocycles. The number of benzene rings is 1. The van der Waals surface area contributed by atoms with Crippen LogP contribution in [0.3, 0.4) is 0 Å². The number of piperidine rings is 1. The fraction of sp³-hybridized carbons (Fsp3) is 0.286. The molecule has 1 aliphatic heterocycles. The molecular weight excluding hydrogens is 403 g/mol. The number of nitrogens with zero attached hydrogens (tertiary/aromatic N) is 4. The highest BCUT2D eigenvalue weighted by Crippen LogP contribution is 2.19. The molecule has 9 nitrogen and oxygen atoms in total. The molecule has 4 rings (SSSR count). The zero-order chi connectivity index (χ0) is 21.6. The van der Waals surface area contributed by atoms with Crippen LogP contribution < -0.4 is 10.9 Å². The fourth-order valence-electron chi connectivity index (χ4n) is 3.42. The molecule has 1 unspecified atom stereocenters. The summed E-state index contributed by atoms with van der Waals surface area (Å²) in [5.74, 6) is -0.679. The molecule has 1 aromatic carbocycles. The second kappa shape index (κ2) is 9.33. The Morgan fingerprint density at radius 2 is 1.94 bits per heavy atom. The topological polar surface area (TPSA) is 113 Å². The third kappa shape index (κ3) is 5.21. The number of pyridine rings is 1. The van der Waals surface area contributed by atoms with E-state index < -0.39 is 0 Å². The van der Waals surface area contributed by atoms with Gasteiger partial charge >= 0.3 is 6.01 Å². The van der Waals surface area contributed by atoms with Crippen LogP contribution in [0.5, 0.6) is 0 Å². The third-order valence-electron chi connectivity index (χ3n) is 5.07. The minimum Gasteiger partial charge on any atom is -0.342 e. The lowest BCUT2D eigenvalue weighted by atomic mass is 9.97. The number of anilines is 1. The Hall–Kier alpha value is -3.82. The van der Waals surface area contributed by atoms with Gasteiger partial charge in [0.1, 0.15) is 5.82 Å². The minimum atomic E-state index is -0.360. The SMILES string of the molecule is O=C(NNc1nc(-c2ccncc2)no1)C1CCCN(C(=O)Cc2ccc(F)cc2)C1. The van der Waals surface area contributed by atoms with Crippen molar-refractivity contribution in [2.75, 3.05) is 18.5 Å². The van der Waals surface area contributed by atoms with Crippen LogP contribution in [-0.4, -0.2) is 44.9 Å². The van der Waals surface area contributed by atoms with Crippen molar-refractivity contribution < 1.29 is 18.5 Å². The number of hydrogen-bond acceptors (Lipinski definition) is 7. The highest BCUT2D eigenvalue weighted by atomic mass is 19.1. The van der Waals surface area contributed by atoms with Crippen LogP contribution in [0.4, 0.5) is 10.4 Å². The maximum absolute atomic E-state index is 13.0. The summed E-state index contributed by atoms with van der Waals surface area (Å²) in [5.41, 5.74) is 6.67. The fourth-order valence-corrected chi connectivity index (χ4v) is 3.42. The highest BCUT2D eigenvalue weighted by molar-refractivity contribution is 5.82. The number of nitrogens with one attached hydrogen (secondary N) is 2. The van der Waals surface area contributed by atoms with Crippen LogP contribution in [0.25, 0.3) is 11.4 Å². The summed E-state index contributed by atoms with van der Waals surface area (Å²) in [6, 6.07) is 9.39. The molecule has 1 aliphatic rings. The maximum Gasteiger partial charge on any atom is 0.340 e. The van der Waals surface area contributed by atoms with E-state index in [9.17, 15) is 14.0 Å². The molecule has 3 aromatic rings. The molecule has 2 N–H and O–H groups in total. The molecule has 10 heteroatoms. The second-order valence-corrected chi connectivity index (χ2v) is 7.26. The van der Waals surface area contributed by atoms with Crippen molar-refractivity contribution in [3.05, 3.63) is 60.2 Å². The Labute approximate surface area is 177 Å². The first-order chi connectivity index (χ1) is 15.1.